The fraction of sp³-hybridized carbons (Fsp3) is 0.423. The first-order valence-corrected chi connectivity index (χ1v) is 12.1. The average Bonchev–Trinajstić information content (AvgIpc) is 2.81. The molecule has 0 aliphatic heterocycles. The number of hydrogen-bond acceptors (Lipinski definition) is 6. The average molecular weight is 502 g/mol. The number of carbonyl (C=O) groups excluding carboxylic acids is 3. The third-order valence-corrected chi connectivity index (χ3v) is 5.51. The van der Waals surface area contributed by atoms with Gasteiger partial charge in [-0.1, -0.05) is 54.6 Å². The van der Waals surface area contributed by atoms with Crippen molar-refractivity contribution < 1.29 is 24.2 Å². The predicted octanol–water partition coefficient (Wildman–Crippen LogP) is 3.00. The van der Waals surface area contributed by atoms with Crippen molar-refractivity contribution in [1.29, 1.82) is 0 Å². The molecule has 0 aliphatic rings. The van der Waals surface area contributed by atoms with E-state index in [9.17, 15) is 19.5 Å². The number of hydrogen-bond donors (Lipinski definition) is 4. The Labute approximate surface area is 212 Å². The highest BCUT2D eigenvalue weighted by atomic mass is 32.1. The number of thiol groups is 1. The normalized spacial score (nSPS) is 12.9. The highest BCUT2D eigenvalue weighted by Crippen LogP contribution is 2.25. The summed E-state index contributed by atoms with van der Waals surface area (Å²) < 4.78 is 5.28. The maximum absolute atomic E-state index is 13.6. The smallest absolute Gasteiger partial charge is 0.408 e. The van der Waals surface area contributed by atoms with E-state index in [1.165, 1.54) is 4.90 Å². The first kappa shape index (κ1) is 28.2. The van der Waals surface area contributed by atoms with Crippen LogP contribution in [0, 0.1) is 6.92 Å². The lowest BCUT2D eigenvalue weighted by molar-refractivity contribution is -0.142. The Morgan fingerprint density at radius 1 is 1.06 bits per heavy atom. The van der Waals surface area contributed by atoms with Crippen LogP contribution >= 0.6 is 12.6 Å². The minimum Gasteiger partial charge on any atom is -0.444 e. The lowest BCUT2D eigenvalue weighted by Gasteiger charge is -2.34. The van der Waals surface area contributed by atoms with E-state index in [2.05, 4.69) is 23.3 Å². The molecule has 0 aromatic heterocycles. The van der Waals surface area contributed by atoms with Gasteiger partial charge in [-0.15, -0.1) is 0 Å². The Balaban J connectivity index is 2.37. The van der Waals surface area contributed by atoms with Gasteiger partial charge in [-0.3, -0.25) is 9.59 Å². The molecule has 2 atom stereocenters. The van der Waals surface area contributed by atoms with E-state index < -0.39 is 35.6 Å². The Hall–Kier alpha value is -3.04. The van der Waals surface area contributed by atoms with Crippen LogP contribution in [-0.4, -0.2) is 58.5 Å². The molecule has 3 N–H and O–H groups in total. The highest BCUT2D eigenvalue weighted by Gasteiger charge is 2.36. The number of ether oxygens (including phenoxy) is 1. The topological polar surface area (TPSA) is 108 Å². The maximum Gasteiger partial charge on any atom is 0.408 e. The number of alkyl carbamates (subject to hydrolysis) is 1. The molecular weight excluding hydrogens is 466 g/mol. The summed E-state index contributed by atoms with van der Waals surface area (Å²) in [5, 5.41) is 15.2. The SMILES string of the molecule is Cc1ccccc1C(C(=O)NCc1ccccc1)N(CCO)C(=O)C(CS)NC(=O)OC(C)(C)C. The Kier molecular flexibility index (Phi) is 10.6. The molecule has 9 heteroatoms. The fourth-order valence-corrected chi connectivity index (χ4v) is 3.78. The minimum absolute atomic E-state index is 0.0217. The number of aliphatic hydroxyl groups is 1. The number of amides is 3. The van der Waals surface area contributed by atoms with E-state index in [-0.39, 0.29) is 25.4 Å². The van der Waals surface area contributed by atoms with Gasteiger partial charge in [-0.05, 0) is 44.4 Å². The van der Waals surface area contributed by atoms with E-state index in [1.807, 2.05) is 49.4 Å². The Morgan fingerprint density at radius 2 is 1.69 bits per heavy atom. The van der Waals surface area contributed by atoms with Gasteiger partial charge < -0.3 is 25.4 Å². The summed E-state index contributed by atoms with van der Waals surface area (Å²) in [4.78, 5) is 40.7. The molecule has 2 aromatic carbocycles. The van der Waals surface area contributed by atoms with Gasteiger partial charge in [0.05, 0.1) is 6.61 Å². The summed E-state index contributed by atoms with van der Waals surface area (Å²) >= 11 is 4.24. The van der Waals surface area contributed by atoms with Crippen molar-refractivity contribution in [2.24, 2.45) is 0 Å². The van der Waals surface area contributed by atoms with Gasteiger partial charge in [0.1, 0.15) is 17.7 Å². The van der Waals surface area contributed by atoms with Gasteiger partial charge in [-0.25, -0.2) is 4.79 Å². The lowest BCUT2D eigenvalue weighted by atomic mass is 9.98. The standard InChI is InChI=1S/C26H35N3O5S/c1-18-10-8-9-13-20(18)22(23(31)27-16-19-11-6-5-7-12-19)29(14-15-30)24(32)21(17-35)28-25(33)34-26(2,3)4/h5-13,21-22,30,35H,14-17H2,1-4H3,(H,27,31)(H,28,33). The molecule has 0 fully saturated rings. The third kappa shape index (κ3) is 8.60. The lowest BCUT2D eigenvalue weighted by Crippen LogP contribution is -2.54. The third-order valence-electron chi connectivity index (χ3n) is 5.15. The molecule has 0 saturated heterocycles. The van der Waals surface area contributed by atoms with Crippen molar-refractivity contribution in [2.45, 2.75) is 51.9 Å². The van der Waals surface area contributed by atoms with Crippen molar-refractivity contribution in [2.75, 3.05) is 18.9 Å². The highest BCUT2D eigenvalue weighted by molar-refractivity contribution is 7.80. The summed E-state index contributed by atoms with van der Waals surface area (Å²) in [6.45, 7) is 6.79. The molecule has 2 unspecified atom stereocenters. The number of nitrogens with zero attached hydrogens (tertiary/aromatic N) is 1. The molecule has 0 bridgehead atoms. The van der Waals surface area contributed by atoms with Crippen LogP contribution in [0.4, 0.5) is 4.79 Å². The first-order chi connectivity index (χ1) is 16.6. The molecule has 3 amide bonds. The Bertz CT molecular complexity index is 994. The second-order valence-corrected chi connectivity index (χ2v) is 9.46. The monoisotopic (exact) mass is 501 g/mol. The fourth-order valence-electron chi connectivity index (χ4n) is 3.54. The molecule has 0 aliphatic carbocycles. The van der Waals surface area contributed by atoms with Crippen LogP contribution in [-0.2, 0) is 20.9 Å². The molecule has 0 radical (unpaired) electrons. The van der Waals surface area contributed by atoms with Crippen LogP contribution in [0.15, 0.2) is 54.6 Å². The summed E-state index contributed by atoms with van der Waals surface area (Å²) in [5.41, 5.74) is 1.59. The van der Waals surface area contributed by atoms with Crippen molar-refractivity contribution >= 4 is 30.5 Å². The zero-order valence-electron chi connectivity index (χ0n) is 20.7. The molecule has 2 aromatic rings. The van der Waals surface area contributed by atoms with E-state index in [4.69, 9.17) is 4.74 Å². The zero-order chi connectivity index (χ0) is 26.0. The molecule has 190 valence electrons. The largest absolute Gasteiger partial charge is 0.444 e. The molecule has 2 rings (SSSR count). The molecule has 35 heavy (non-hydrogen) atoms. The van der Waals surface area contributed by atoms with Gasteiger partial charge in [-0.2, -0.15) is 12.6 Å². The van der Waals surface area contributed by atoms with Crippen LogP contribution < -0.4 is 10.6 Å². The van der Waals surface area contributed by atoms with Crippen molar-refractivity contribution in [3.8, 4) is 0 Å². The van der Waals surface area contributed by atoms with E-state index >= 15 is 0 Å². The van der Waals surface area contributed by atoms with Gasteiger partial charge in [0.15, 0.2) is 0 Å². The zero-order valence-corrected chi connectivity index (χ0v) is 21.5. The number of rotatable bonds is 10. The number of nitrogens with one attached hydrogen (secondary N) is 2. The molecule has 0 heterocycles. The van der Waals surface area contributed by atoms with E-state index in [1.54, 1.807) is 32.9 Å². The second-order valence-electron chi connectivity index (χ2n) is 9.10. The van der Waals surface area contributed by atoms with Crippen molar-refractivity contribution in [3.05, 3.63) is 71.3 Å². The van der Waals surface area contributed by atoms with Crippen molar-refractivity contribution in [3.63, 3.8) is 0 Å². The van der Waals surface area contributed by atoms with Crippen molar-refractivity contribution in [1.82, 2.24) is 15.5 Å². The quantitative estimate of drug-likeness (QED) is 0.375. The van der Waals surface area contributed by atoms with Crippen LogP contribution in [0.2, 0.25) is 0 Å². The first-order valence-electron chi connectivity index (χ1n) is 11.5. The van der Waals surface area contributed by atoms with Gasteiger partial charge >= 0.3 is 6.09 Å². The summed E-state index contributed by atoms with van der Waals surface area (Å²) in [6.07, 6.45) is -0.769. The number of aliphatic hydroxyl groups excluding tert-OH is 1. The summed E-state index contributed by atoms with van der Waals surface area (Å²) in [5.74, 6) is -0.977. The number of benzene rings is 2. The molecule has 8 nitrogen and oxygen atoms in total. The summed E-state index contributed by atoms with van der Waals surface area (Å²) in [6, 6.07) is 14.6. The van der Waals surface area contributed by atoms with Crippen LogP contribution in [0.3, 0.4) is 0 Å². The maximum atomic E-state index is 13.6. The molecule has 0 spiro atoms. The number of aryl methyl sites for hydroxylation is 1. The second kappa shape index (κ2) is 13.2. The molecular formula is C26H35N3O5S. The number of carbonyl (C=O) groups is 3. The van der Waals surface area contributed by atoms with Gasteiger partial charge in [0.2, 0.25) is 11.8 Å². The Morgan fingerprint density at radius 3 is 2.26 bits per heavy atom. The van der Waals surface area contributed by atoms with Crippen LogP contribution in [0.25, 0.3) is 0 Å². The minimum atomic E-state index is -1.06. The van der Waals surface area contributed by atoms with Crippen LogP contribution in [0.5, 0.6) is 0 Å². The van der Waals surface area contributed by atoms with Crippen LogP contribution in [0.1, 0.15) is 43.5 Å². The predicted molar refractivity (Wildman–Crippen MR) is 138 cm³/mol. The van der Waals surface area contributed by atoms with Gasteiger partial charge in [0, 0.05) is 18.8 Å². The van der Waals surface area contributed by atoms with E-state index in [0.717, 1.165) is 11.1 Å². The van der Waals surface area contributed by atoms with Gasteiger partial charge in [0.25, 0.3) is 0 Å². The summed E-state index contributed by atoms with van der Waals surface area (Å²) in [7, 11) is 0. The molecule has 0 saturated carbocycles. The van der Waals surface area contributed by atoms with E-state index in [0.29, 0.717) is 5.56 Å².